The highest BCUT2D eigenvalue weighted by atomic mass is 35.5. The molecule has 2 aromatic heterocycles. The predicted molar refractivity (Wildman–Crippen MR) is 144 cm³/mol. The summed E-state index contributed by atoms with van der Waals surface area (Å²) in [5.41, 5.74) is -0.225. The highest BCUT2D eigenvalue weighted by molar-refractivity contribution is 6.31. The summed E-state index contributed by atoms with van der Waals surface area (Å²) in [6.45, 7) is 0. The lowest BCUT2D eigenvalue weighted by molar-refractivity contribution is -0.137. The average Bonchev–Trinajstić information content (AvgIpc) is 3.47. The van der Waals surface area contributed by atoms with Crippen LogP contribution in [0.5, 0.6) is 0 Å². The van der Waals surface area contributed by atoms with Crippen LogP contribution in [0, 0.1) is 11.6 Å². The molecular weight excluding hydrogens is 604 g/mol. The van der Waals surface area contributed by atoms with E-state index in [0.29, 0.717) is 28.9 Å². The Bertz CT molecular complexity index is 1940. The van der Waals surface area contributed by atoms with Crippen LogP contribution in [0.2, 0.25) is 10.3 Å². The molecular formula is C28H14Cl2F5N5O2. The Hall–Kier alpha value is -4.55. The van der Waals surface area contributed by atoms with Crippen molar-refractivity contribution in [2.75, 3.05) is 5.32 Å². The first-order valence-electron chi connectivity index (χ1n) is 12.0. The number of aromatic nitrogens is 3. The number of pyridine rings is 1. The second-order valence-electron chi connectivity index (χ2n) is 9.34. The van der Waals surface area contributed by atoms with Crippen LogP contribution in [0.4, 0.5) is 27.6 Å². The van der Waals surface area contributed by atoms with Crippen LogP contribution in [-0.2, 0) is 6.18 Å². The molecule has 212 valence electrons. The maximum absolute atomic E-state index is 14.2. The molecule has 5 aromatic rings. The van der Waals surface area contributed by atoms with Crippen LogP contribution >= 0.6 is 23.2 Å². The molecule has 14 heteroatoms. The Kier molecular flexibility index (Phi) is 6.62. The molecule has 1 aliphatic heterocycles. The predicted octanol–water partition coefficient (Wildman–Crippen LogP) is 7.09. The molecule has 0 spiro atoms. The molecule has 2 amide bonds. The van der Waals surface area contributed by atoms with Gasteiger partial charge in [-0.25, -0.2) is 13.3 Å². The fraction of sp³-hybridized carbons (Fsp3) is 0.0714. The summed E-state index contributed by atoms with van der Waals surface area (Å²) < 4.78 is 69.7. The van der Waals surface area contributed by atoms with Crippen LogP contribution in [0.1, 0.15) is 43.4 Å². The summed E-state index contributed by atoms with van der Waals surface area (Å²) in [5, 5.41) is 9.33. The first kappa shape index (κ1) is 27.6. The van der Waals surface area contributed by atoms with Gasteiger partial charge in [-0.3, -0.25) is 9.59 Å². The Balaban J connectivity index is 1.51. The van der Waals surface area contributed by atoms with Crippen LogP contribution in [-0.4, -0.2) is 26.4 Å². The molecule has 0 fully saturated rings. The number of nitrogens with zero attached hydrogens (tertiary/aromatic N) is 3. The number of fused-ring (bicyclic) bond motifs is 2. The Morgan fingerprint density at radius 2 is 1.74 bits per heavy atom. The molecule has 7 nitrogen and oxygen atoms in total. The van der Waals surface area contributed by atoms with E-state index >= 15 is 0 Å². The molecule has 0 saturated carbocycles. The van der Waals surface area contributed by atoms with Crippen molar-refractivity contribution in [1.29, 1.82) is 0 Å². The van der Waals surface area contributed by atoms with Crippen molar-refractivity contribution in [3.05, 3.63) is 117 Å². The molecule has 0 saturated heterocycles. The molecule has 3 heterocycles. The number of nitrogens with one attached hydrogen (secondary N) is 2. The lowest BCUT2D eigenvalue weighted by Crippen LogP contribution is -2.21. The van der Waals surface area contributed by atoms with E-state index < -0.39 is 46.8 Å². The second kappa shape index (κ2) is 10.1. The number of anilines is 1. The van der Waals surface area contributed by atoms with E-state index in [1.165, 1.54) is 22.7 Å². The van der Waals surface area contributed by atoms with Crippen molar-refractivity contribution in [1.82, 2.24) is 19.9 Å². The van der Waals surface area contributed by atoms with Crippen molar-refractivity contribution in [3.8, 4) is 11.1 Å². The van der Waals surface area contributed by atoms with Gasteiger partial charge in [0, 0.05) is 39.2 Å². The third kappa shape index (κ3) is 5.03. The molecule has 0 aliphatic carbocycles. The number of hydrogen-bond donors (Lipinski definition) is 2. The highest BCUT2D eigenvalue weighted by Crippen LogP contribution is 2.42. The molecule has 6 rings (SSSR count). The molecule has 42 heavy (non-hydrogen) atoms. The summed E-state index contributed by atoms with van der Waals surface area (Å²) in [6, 6.07) is 10.2. The smallest absolute Gasteiger partial charge is 0.341 e. The largest absolute Gasteiger partial charge is 0.416 e. The van der Waals surface area contributed by atoms with Gasteiger partial charge in [0.05, 0.1) is 11.6 Å². The molecule has 1 aliphatic rings. The van der Waals surface area contributed by atoms with E-state index in [-0.39, 0.29) is 38.8 Å². The summed E-state index contributed by atoms with van der Waals surface area (Å²) in [7, 11) is 0. The zero-order chi connectivity index (χ0) is 29.9. The van der Waals surface area contributed by atoms with E-state index in [4.69, 9.17) is 23.2 Å². The van der Waals surface area contributed by atoms with E-state index in [9.17, 15) is 31.5 Å². The fourth-order valence-electron chi connectivity index (χ4n) is 4.79. The number of carbonyl (C=O) groups excluding carboxylic acids is 2. The summed E-state index contributed by atoms with van der Waals surface area (Å²) >= 11 is 12.2. The lowest BCUT2D eigenvalue weighted by atomic mass is 9.92. The zero-order valence-electron chi connectivity index (χ0n) is 20.7. The van der Waals surface area contributed by atoms with Gasteiger partial charge in [-0.15, -0.1) is 5.10 Å². The Labute approximate surface area is 242 Å². The summed E-state index contributed by atoms with van der Waals surface area (Å²) in [4.78, 5) is 30.5. The van der Waals surface area contributed by atoms with Gasteiger partial charge >= 0.3 is 6.18 Å². The monoisotopic (exact) mass is 617 g/mol. The second-order valence-corrected chi connectivity index (χ2v) is 10.1. The van der Waals surface area contributed by atoms with Crippen molar-refractivity contribution in [3.63, 3.8) is 0 Å². The van der Waals surface area contributed by atoms with E-state index in [2.05, 4.69) is 20.7 Å². The van der Waals surface area contributed by atoms with Crippen molar-refractivity contribution < 1.29 is 31.5 Å². The molecule has 2 N–H and O–H groups in total. The molecule has 0 bridgehead atoms. The van der Waals surface area contributed by atoms with Gasteiger partial charge < -0.3 is 10.6 Å². The SMILES string of the molecule is O=C(Nc1cc(-c2ccn3nc(Cl)nc3c2)cc2c1[C@@H](c1cc(F)ccc1Cl)NC2=O)c1cc(F)cc(C(F)(F)F)c1. The van der Waals surface area contributed by atoms with E-state index in [1.54, 1.807) is 18.3 Å². The topological polar surface area (TPSA) is 88.4 Å². The fourth-order valence-corrected chi connectivity index (χ4v) is 5.18. The Morgan fingerprint density at radius 3 is 2.50 bits per heavy atom. The van der Waals surface area contributed by atoms with Gasteiger partial charge in [-0.2, -0.15) is 18.2 Å². The number of amides is 2. The maximum atomic E-state index is 14.2. The minimum Gasteiger partial charge on any atom is -0.341 e. The number of rotatable bonds is 4. The highest BCUT2D eigenvalue weighted by Gasteiger charge is 2.36. The van der Waals surface area contributed by atoms with Crippen LogP contribution in [0.15, 0.2) is 66.9 Å². The quantitative estimate of drug-likeness (QED) is 0.211. The maximum Gasteiger partial charge on any atom is 0.416 e. The molecule has 0 radical (unpaired) electrons. The standard InChI is InChI=1S/C28H14Cl2F5N5O2/c29-20-2-1-16(31)11-18(20)24-23-19(26(42)38-24)7-13(12-3-4-40-22(9-12)37-27(30)39-40)8-21(23)36-25(41)14-5-15(28(33,34)35)10-17(32)6-14/h1-11,24H,(H,36,41)(H,38,42)/t24-/m1/s1. The number of hydrogen-bond acceptors (Lipinski definition) is 4. The number of halogens is 7. The van der Waals surface area contributed by atoms with E-state index in [1.807, 2.05) is 0 Å². The number of carbonyl (C=O) groups is 2. The normalized spacial score (nSPS) is 14.6. The van der Waals surface area contributed by atoms with Crippen LogP contribution < -0.4 is 10.6 Å². The lowest BCUT2D eigenvalue weighted by Gasteiger charge is -2.19. The van der Waals surface area contributed by atoms with Gasteiger partial charge in [0.2, 0.25) is 5.28 Å². The molecule has 1 atom stereocenters. The molecule has 3 aromatic carbocycles. The van der Waals surface area contributed by atoms with Gasteiger partial charge in [0.1, 0.15) is 11.6 Å². The molecule has 0 unspecified atom stereocenters. The van der Waals surface area contributed by atoms with Crippen molar-refractivity contribution >= 4 is 46.4 Å². The van der Waals surface area contributed by atoms with E-state index in [0.717, 1.165) is 12.1 Å². The van der Waals surface area contributed by atoms with Crippen LogP contribution in [0.25, 0.3) is 16.8 Å². The third-order valence-electron chi connectivity index (χ3n) is 6.64. The van der Waals surface area contributed by atoms with Crippen molar-refractivity contribution in [2.45, 2.75) is 12.2 Å². The summed E-state index contributed by atoms with van der Waals surface area (Å²) in [5.74, 6) is -3.57. The first-order chi connectivity index (χ1) is 19.9. The third-order valence-corrected chi connectivity index (χ3v) is 7.14. The van der Waals surface area contributed by atoms with Gasteiger partial charge in [-0.1, -0.05) is 11.6 Å². The number of benzene rings is 3. The Morgan fingerprint density at radius 1 is 0.952 bits per heavy atom. The van der Waals surface area contributed by atoms with Crippen LogP contribution in [0.3, 0.4) is 0 Å². The minimum absolute atomic E-state index is 0.00318. The van der Waals surface area contributed by atoms with Gasteiger partial charge in [0.15, 0.2) is 5.65 Å². The minimum atomic E-state index is -4.91. The average molecular weight is 618 g/mol. The summed E-state index contributed by atoms with van der Waals surface area (Å²) in [6.07, 6.45) is -3.34. The zero-order valence-corrected chi connectivity index (χ0v) is 22.2. The van der Waals surface area contributed by atoms with Gasteiger partial charge in [-0.05, 0) is 83.4 Å². The first-order valence-corrected chi connectivity index (χ1v) is 12.8. The number of alkyl halides is 3. The van der Waals surface area contributed by atoms with Gasteiger partial charge in [0.25, 0.3) is 11.8 Å². The van der Waals surface area contributed by atoms with Crippen molar-refractivity contribution in [2.24, 2.45) is 0 Å².